The predicted octanol–water partition coefficient (Wildman–Crippen LogP) is 4.32. The number of aromatic amines is 1. The molecule has 0 aliphatic rings. The molecule has 3 aromatic carbocycles. The van der Waals surface area contributed by atoms with Gasteiger partial charge in [0, 0.05) is 12.8 Å². The molecule has 206 valence electrons. The number of aromatic nitrogens is 2. The molecule has 14 heteroatoms. The Morgan fingerprint density at radius 1 is 1.08 bits per heavy atom. The first-order valence-corrected chi connectivity index (χ1v) is 12.5. The number of anilines is 1. The van der Waals surface area contributed by atoms with Crippen LogP contribution >= 0.6 is 0 Å². The minimum absolute atomic E-state index is 0.00973. The average molecular weight is 565 g/mol. The van der Waals surface area contributed by atoms with Crippen molar-refractivity contribution in [2.24, 2.45) is 5.73 Å². The minimum atomic E-state index is -4.69. The van der Waals surface area contributed by atoms with Crippen LogP contribution in [0.4, 0.5) is 18.9 Å². The van der Waals surface area contributed by atoms with E-state index in [1.54, 1.807) is 12.1 Å². The summed E-state index contributed by atoms with van der Waals surface area (Å²) >= 11 is 0. The first-order valence-electron chi connectivity index (χ1n) is 11.0. The third-order valence-corrected chi connectivity index (χ3v) is 6.10. The number of hydrogen-bond donors (Lipinski definition) is 4. The number of ether oxygens (including phenoxy) is 1. The average Bonchev–Trinajstić information content (AvgIpc) is 3.25. The van der Waals surface area contributed by atoms with Gasteiger partial charge in [-0.05, 0) is 43.3 Å². The fourth-order valence-electron chi connectivity index (χ4n) is 3.47. The molecule has 4 aromatic rings. The van der Waals surface area contributed by atoms with Crippen LogP contribution in [0.2, 0.25) is 0 Å². The molecule has 2 amide bonds. The van der Waals surface area contributed by atoms with Gasteiger partial charge in [-0.1, -0.05) is 29.8 Å². The van der Waals surface area contributed by atoms with E-state index in [-0.39, 0.29) is 28.3 Å². The zero-order chi connectivity index (χ0) is 29.0. The zero-order valence-corrected chi connectivity index (χ0v) is 21.4. The molecular formula is C25H23F3N4O6S. The maximum Gasteiger partial charge on any atom is 0.417 e. The van der Waals surface area contributed by atoms with Crippen molar-refractivity contribution < 1.29 is 40.5 Å². The van der Waals surface area contributed by atoms with E-state index in [9.17, 15) is 31.2 Å². The number of imidazole rings is 1. The number of nitrogens with zero attached hydrogens (tertiary/aromatic N) is 1. The van der Waals surface area contributed by atoms with Gasteiger partial charge in [-0.3, -0.25) is 14.1 Å². The van der Waals surface area contributed by atoms with Gasteiger partial charge in [0.25, 0.3) is 21.9 Å². The molecule has 0 saturated heterocycles. The lowest BCUT2D eigenvalue weighted by Gasteiger charge is -2.13. The van der Waals surface area contributed by atoms with Gasteiger partial charge in [0.2, 0.25) is 0 Å². The SMILES string of the molecule is COCc1nc2c(C(N)=O)cc(NC(=O)c3ccccc3C(F)(F)F)cc2[nH]1.Cc1ccc(S(=O)(=O)O)cc1. The summed E-state index contributed by atoms with van der Waals surface area (Å²) in [5.74, 6) is -1.35. The number of benzene rings is 3. The van der Waals surface area contributed by atoms with Crippen molar-refractivity contribution in [3.05, 3.63) is 88.7 Å². The second-order valence-electron chi connectivity index (χ2n) is 8.19. The van der Waals surface area contributed by atoms with E-state index < -0.39 is 39.2 Å². The van der Waals surface area contributed by atoms with Gasteiger partial charge in [0.05, 0.1) is 27.1 Å². The van der Waals surface area contributed by atoms with Gasteiger partial charge in [-0.2, -0.15) is 21.6 Å². The number of aryl methyl sites for hydroxylation is 1. The van der Waals surface area contributed by atoms with Crippen molar-refractivity contribution in [1.82, 2.24) is 9.97 Å². The highest BCUT2D eigenvalue weighted by Crippen LogP contribution is 2.32. The Hall–Kier alpha value is -4.27. The van der Waals surface area contributed by atoms with E-state index >= 15 is 0 Å². The zero-order valence-electron chi connectivity index (χ0n) is 20.5. The maximum absolute atomic E-state index is 13.1. The summed E-state index contributed by atoms with van der Waals surface area (Å²) < 4.78 is 73.9. The Balaban J connectivity index is 0.000000320. The highest BCUT2D eigenvalue weighted by molar-refractivity contribution is 7.85. The Labute approximate surface area is 220 Å². The molecule has 0 unspecified atom stereocenters. The Morgan fingerprint density at radius 2 is 1.72 bits per heavy atom. The number of fused-ring (bicyclic) bond motifs is 1. The fraction of sp³-hybridized carbons (Fsp3) is 0.160. The number of alkyl halides is 3. The smallest absolute Gasteiger partial charge is 0.377 e. The van der Waals surface area contributed by atoms with Crippen molar-refractivity contribution in [3.63, 3.8) is 0 Å². The lowest BCUT2D eigenvalue weighted by atomic mass is 10.1. The monoisotopic (exact) mass is 564 g/mol. The highest BCUT2D eigenvalue weighted by atomic mass is 32.2. The van der Waals surface area contributed by atoms with E-state index in [0.717, 1.165) is 17.7 Å². The van der Waals surface area contributed by atoms with Gasteiger partial charge < -0.3 is 20.8 Å². The largest absolute Gasteiger partial charge is 0.417 e. The molecule has 0 bridgehead atoms. The minimum Gasteiger partial charge on any atom is -0.377 e. The van der Waals surface area contributed by atoms with Crippen molar-refractivity contribution in [2.75, 3.05) is 12.4 Å². The third kappa shape index (κ3) is 7.40. The van der Waals surface area contributed by atoms with Gasteiger partial charge in [0.15, 0.2) is 0 Å². The summed E-state index contributed by atoms with van der Waals surface area (Å²) in [6.07, 6.45) is -4.69. The molecule has 0 radical (unpaired) electrons. The lowest BCUT2D eigenvalue weighted by Crippen LogP contribution is -2.19. The summed E-state index contributed by atoms with van der Waals surface area (Å²) in [6.45, 7) is 1.99. The van der Waals surface area contributed by atoms with Crippen LogP contribution in [-0.2, 0) is 27.6 Å². The summed E-state index contributed by atoms with van der Waals surface area (Å²) in [4.78, 5) is 31.2. The fourth-order valence-corrected chi connectivity index (χ4v) is 3.95. The van der Waals surface area contributed by atoms with Crippen LogP contribution in [-0.4, -0.2) is 41.9 Å². The second kappa shape index (κ2) is 11.6. The van der Waals surface area contributed by atoms with Gasteiger partial charge in [-0.15, -0.1) is 0 Å². The van der Waals surface area contributed by atoms with E-state index in [4.69, 9.17) is 15.0 Å². The molecule has 1 heterocycles. The standard InChI is InChI=1S/C18H15F3N4O3.C7H8O3S/c1-28-8-14-24-13-7-9(6-11(16(22)26)15(13)25-14)23-17(27)10-4-2-3-5-12(10)18(19,20)21;1-6-2-4-7(5-3-6)11(8,9)10/h2-7H,8H2,1H3,(H2,22,26)(H,23,27)(H,24,25);2-5H,1H3,(H,8,9,10). The Morgan fingerprint density at radius 3 is 2.28 bits per heavy atom. The maximum atomic E-state index is 13.1. The number of nitrogens with two attached hydrogens (primary N) is 1. The molecule has 0 atom stereocenters. The predicted molar refractivity (Wildman–Crippen MR) is 136 cm³/mol. The van der Waals surface area contributed by atoms with E-state index in [2.05, 4.69) is 15.3 Å². The number of rotatable bonds is 6. The quantitative estimate of drug-likeness (QED) is 0.253. The third-order valence-electron chi connectivity index (χ3n) is 5.24. The number of hydrogen-bond acceptors (Lipinski definition) is 6. The number of halogens is 3. The van der Waals surface area contributed by atoms with Crippen LogP contribution < -0.4 is 11.1 Å². The second-order valence-corrected chi connectivity index (χ2v) is 9.61. The molecular weight excluding hydrogens is 541 g/mol. The molecule has 4 rings (SSSR count). The van der Waals surface area contributed by atoms with Crippen LogP contribution in [0.3, 0.4) is 0 Å². The van der Waals surface area contributed by atoms with Crippen LogP contribution in [0, 0.1) is 6.92 Å². The lowest BCUT2D eigenvalue weighted by molar-refractivity contribution is -0.137. The molecule has 5 N–H and O–H groups in total. The molecule has 0 fully saturated rings. The molecule has 0 spiro atoms. The number of methoxy groups -OCH3 is 1. The summed E-state index contributed by atoms with van der Waals surface area (Å²) in [7, 11) is -2.56. The first kappa shape index (κ1) is 29.3. The van der Waals surface area contributed by atoms with E-state index in [1.807, 2.05) is 6.92 Å². The highest BCUT2D eigenvalue weighted by Gasteiger charge is 2.34. The van der Waals surface area contributed by atoms with Crippen molar-refractivity contribution >= 4 is 38.7 Å². The van der Waals surface area contributed by atoms with Crippen LogP contribution in [0.15, 0.2) is 65.6 Å². The number of carbonyl (C=O) groups is 2. The molecule has 0 aliphatic heterocycles. The van der Waals surface area contributed by atoms with Crippen LogP contribution in [0.5, 0.6) is 0 Å². The van der Waals surface area contributed by atoms with Gasteiger partial charge in [-0.25, -0.2) is 4.98 Å². The number of H-pyrrole nitrogens is 1. The summed E-state index contributed by atoms with van der Waals surface area (Å²) in [6, 6.07) is 13.1. The van der Waals surface area contributed by atoms with Crippen molar-refractivity contribution in [1.29, 1.82) is 0 Å². The number of carbonyl (C=O) groups excluding carboxylic acids is 2. The topological polar surface area (TPSA) is 164 Å². The molecule has 1 aromatic heterocycles. The Kier molecular flexibility index (Phi) is 8.74. The number of primary amides is 1. The van der Waals surface area contributed by atoms with E-state index in [0.29, 0.717) is 11.3 Å². The first-order chi connectivity index (χ1) is 18.2. The summed E-state index contributed by atoms with van der Waals surface area (Å²) in [5, 5.41) is 2.37. The van der Waals surface area contributed by atoms with E-state index in [1.165, 1.54) is 43.5 Å². The number of nitrogens with one attached hydrogen (secondary N) is 2. The van der Waals surface area contributed by atoms with Gasteiger partial charge >= 0.3 is 6.18 Å². The number of amides is 2. The Bertz CT molecular complexity index is 1620. The molecule has 0 saturated carbocycles. The van der Waals surface area contributed by atoms with Crippen molar-refractivity contribution in [3.8, 4) is 0 Å². The normalized spacial score (nSPS) is 11.5. The van der Waals surface area contributed by atoms with Crippen LogP contribution in [0.25, 0.3) is 11.0 Å². The summed E-state index contributed by atoms with van der Waals surface area (Å²) in [5.41, 5.74) is 5.47. The van der Waals surface area contributed by atoms with Crippen molar-refractivity contribution in [2.45, 2.75) is 24.6 Å². The van der Waals surface area contributed by atoms with Crippen LogP contribution in [0.1, 0.15) is 37.7 Å². The molecule has 10 nitrogen and oxygen atoms in total. The molecule has 39 heavy (non-hydrogen) atoms. The molecule has 0 aliphatic carbocycles. The van der Waals surface area contributed by atoms with Gasteiger partial charge in [0.1, 0.15) is 17.9 Å².